The van der Waals surface area contributed by atoms with Gasteiger partial charge >= 0.3 is 0 Å². The second-order valence-corrected chi connectivity index (χ2v) is 9.81. The Morgan fingerprint density at radius 3 is 2.57 bits per heavy atom. The van der Waals surface area contributed by atoms with Crippen LogP contribution in [0.15, 0.2) is 42.5 Å². The Hall–Kier alpha value is -3.56. The van der Waals surface area contributed by atoms with Crippen molar-refractivity contribution in [2.24, 2.45) is 0 Å². The fraction of sp³-hybridized carbons (Fsp3) is 0.429. The lowest BCUT2D eigenvalue weighted by atomic mass is 9.86. The molecule has 2 aromatic carbocycles. The predicted octanol–water partition coefficient (Wildman–Crippen LogP) is 2.20. The molecule has 2 saturated heterocycles. The molecule has 2 fully saturated rings. The number of fused-ring (bicyclic) bond motifs is 4. The molecule has 2 atom stereocenters. The number of aromatic amines is 1. The molecule has 0 spiro atoms. The zero-order valence-electron chi connectivity index (χ0n) is 21.2. The number of methoxy groups -OCH3 is 2. The summed E-state index contributed by atoms with van der Waals surface area (Å²) in [5, 5.41) is 1.09. The monoisotopic (exact) mass is 504 g/mol. The molecule has 4 heterocycles. The maximum absolute atomic E-state index is 13.9. The summed E-state index contributed by atoms with van der Waals surface area (Å²) in [7, 11) is 3.20. The van der Waals surface area contributed by atoms with Crippen molar-refractivity contribution in [1.82, 2.24) is 19.7 Å². The molecule has 6 rings (SSSR count). The van der Waals surface area contributed by atoms with Crippen molar-refractivity contribution in [3.8, 4) is 11.5 Å². The van der Waals surface area contributed by atoms with Crippen LogP contribution in [0.25, 0.3) is 10.9 Å². The first kappa shape index (κ1) is 23.8. The van der Waals surface area contributed by atoms with Gasteiger partial charge in [-0.3, -0.25) is 14.5 Å². The highest BCUT2D eigenvalue weighted by Crippen LogP contribution is 2.44. The van der Waals surface area contributed by atoms with Gasteiger partial charge in [-0.05, 0) is 29.3 Å². The SMILES string of the molecule is COc1ccc(C2c3[nH]c4ccccc4c3C[C@H]3C(=O)N(CCN4CCOCC4)CC(=O)N23)cc1OC. The molecule has 0 bridgehead atoms. The van der Waals surface area contributed by atoms with Crippen molar-refractivity contribution < 1.29 is 23.8 Å². The molecular weight excluding hydrogens is 472 g/mol. The second kappa shape index (κ2) is 9.72. The number of para-hydroxylation sites is 1. The lowest BCUT2D eigenvalue weighted by Crippen LogP contribution is -2.63. The van der Waals surface area contributed by atoms with Crippen LogP contribution in [-0.2, 0) is 20.7 Å². The van der Waals surface area contributed by atoms with E-state index >= 15 is 0 Å². The third-order valence-corrected chi connectivity index (χ3v) is 7.86. The molecule has 3 aliphatic rings. The van der Waals surface area contributed by atoms with E-state index in [0.29, 0.717) is 37.7 Å². The third kappa shape index (κ3) is 4.12. The fourth-order valence-electron chi connectivity index (χ4n) is 5.97. The number of nitrogens with one attached hydrogen (secondary N) is 1. The normalized spacial score (nSPS) is 22.2. The van der Waals surface area contributed by atoms with E-state index in [1.54, 1.807) is 24.0 Å². The van der Waals surface area contributed by atoms with E-state index in [0.717, 1.165) is 47.4 Å². The van der Waals surface area contributed by atoms with Crippen LogP contribution in [-0.4, -0.2) is 97.7 Å². The number of hydrogen-bond acceptors (Lipinski definition) is 6. The Morgan fingerprint density at radius 2 is 1.78 bits per heavy atom. The Morgan fingerprint density at radius 1 is 1.00 bits per heavy atom. The summed E-state index contributed by atoms with van der Waals surface area (Å²) in [5.41, 5.74) is 3.92. The Kier molecular flexibility index (Phi) is 6.26. The second-order valence-electron chi connectivity index (χ2n) is 9.81. The molecule has 9 heteroatoms. The lowest BCUT2D eigenvalue weighted by Gasteiger charge is -2.47. The molecule has 2 amide bonds. The number of ether oxygens (including phenoxy) is 3. The van der Waals surface area contributed by atoms with Gasteiger partial charge in [-0.2, -0.15) is 0 Å². The van der Waals surface area contributed by atoms with Crippen LogP contribution in [0.3, 0.4) is 0 Å². The maximum Gasteiger partial charge on any atom is 0.246 e. The predicted molar refractivity (Wildman–Crippen MR) is 138 cm³/mol. The van der Waals surface area contributed by atoms with Crippen molar-refractivity contribution >= 4 is 22.7 Å². The molecule has 3 aromatic rings. The molecule has 3 aliphatic heterocycles. The largest absolute Gasteiger partial charge is 0.493 e. The molecular formula is C28H32N4O5. The van der Waals surface area contributed by atoms with E-state index < -0.39 is 12.1 Å². The quantitative estimate of drug-likeness (QED) is 0.554. The third-order valence-electron chi connectivity index (χ3n) is 7.86. The lowest BCUT2D eigenvalue weighted by molar-refractivity contribution is -0.158. The first-order valence-corrected chi connectivity index (χ1v) is 12.8. The van der Waals surface area contributed by atoms with Crippen LogP contribution in [0.2, 0.25) is 0 Å². The van der Waals surface area contributed by atoms with Crippen molar-refractivity contribution in [2.45, 2.75) is 18.5 Å². The number of hydrogen-bond donors (Lipinski definition) is 1. The van der Waals surface area contributed by atoms with Crippen LogP contribution in [0, 0.1) is 0 Å². The zero-order valence-corrected chi connectivity index (χ0v) is 21.2. The van der Waals surface area contributed by atoms with E-state index in [2.05, 4.69) is 16.0 Å². The summed E-state index contributed by atoms with van der Waals surface area (Å²) in [6.07, 6.45) is 0.488. The van der Waals surface area contributed by atoms with Gasteiger partial charge in [0.05, 0.1) is 40.0 Å². The van der Waals surface area contributed by atoms with Crippen LogP contribution >= 0.6 is 0 Å². The first-order valence-electron chi connectivity index (χ1n) is 12.8. The number of piperazine rings is 1. The molecule has 1 aromatic heterocycles. The average molecular weight is 505 g/mol. The van der Waals surface area contributed by atoms with Crippen LogP contribution in [0.5, 0.6) is 11.5 Å². The number of H-pyrrole nitrogens is 1. The first-order chi connectivity index (χ1) is 18.1. The van der Waals surface area contributed by atoms with E-state index in [-0.39, 0.29) is 18.4 Å². The van der Waals surface area contributed by atoms with Crippen molar-refractivity contribution in [3.05, 3.63) is 59.3 Å². The minimum Gasteiger partial charge on any atom is -0.493 e. The van der Waals surface area contributed by atoms with Crippen LogP contribution < -0.4 is 9.47 Å². The van der Waals surface area contributed by atoms with Gasteiger partial charge in [0.25, 0.3) is 0 Å². The summed E-state index contributed by atoms with van der Waals surface area (Å²) < 4.78 is 16.5. The van der Waals surface area contributed by atoms with Gasteiger partial charge < -0.3 is 29.0 Å². The fourth-order valence-corrected chi connectivity index (χ4v) is 5.97. The zero-order chi connectivity index (χ0) is 25.5. The van der Waals surface area contributed by atoms with E-state index in [9.17, 15) is 9.59 Å². The Bertz CT molecular complexity index is 1330. The van der Waals surface area contributed by atoms with Gasteiger partial charge in [-0.15, -0.1) is 0 Å². The van der Waals surface area contributed by atoms with E-state index in [1.807, 2.05) is 36.4 Å². The standard InChI is InChI=1S/C28H32N4O5/c1-35-23-8-7-18(15-24(23)36-2)27-26-20(19-5-3-4-6-21(19)29-26)16-22-28(34)31(17-25(33)32(22)27)10-9-30-11-13-37-14-12-30/h3-8,15,22,27,29H,9-14,16-17H2,1-2H3/t22-,27?/m0/s1. The summed E-state index contributed by atoms with van der Waals surface area (Å²) in [5.74, 6) is 1.17. The highest BCUT2D eigenvalue weighted by Gasteiger charge is 2.48. The number of nitrogens with zero attached hydrogens (tertiary/aromatic N) is 3. The number of morpholine rings is 1. The molecule has 9 nitrogen and oxygen atoms in total. The minimum absolute atomic E-state index is 0.00858. The van der Waals surface area contributed by atoms with Gasteiger partial charge in [0.1, 0.15) is 6.04 Å². The van der Waals surface area contributed by atoms with Crippen LogP contribution in [0.4, 0.5) is 0 Å². The molecule has 37 heavy (non-hydrogen) atoms. The molecule has 194 valence electrons. The van der Waals surface area contributed by atoms with Gasteiger partial charge in [0, 0.05) is 49.2 Å². The van der Waals surface area contributed by atoms with Gasteiger partial charge in [-0.25, -0.2) is 0 Å². The number of rotatable bonds is 6. The van der Waals surface area contributed by atoms with E-state index in [4.69, 9.17) is 14.2 Å². The molecule has 0 radical (unpaired) electrons. The highest BCUT2D eigenvalue weighted by atomic mass is 16.5. The molecule has 1 N–H and O–H groups in total. The maximum atomic E-state index is 13.9. The number of benzene rings is 2. The number of carbonyl (C=O) groups excluding carboxylic acids is 2. The van der Waals surface area contributed by atoms with Crippen molar-refractivity contribution in [2.75, 3.05) is 60.2 Å². The Labute approximate surface area is 215 Å². The molecule has 0 aliphatic carbocycles. The average Bonchev–Trinajstić information content (AvgIpc) is 3.31. The summed E-state index contributed by atoms with van der Waals surface area (Å²) in [6, 6.07) is 12.8. The smallest absolute Gasteiger partial charge is 0.246 e. The summed E-state index contributed by atoms with van der Waals surface area (Å²) in [6.45, 7) is 4.48. The summed E-state index contributed by atoms with van der Waals surface area (Å²) >= 11 is 0. The van der Waals surface area contributed by atoms with Crippen LogP contribution in [0.1, 0.15) is 22.9 Å². The van der Waals surface area contributed by atoms with Crippen molar-refractivity contribution in [3.63, 3.8) is 0 Å². The highest BCUT2D eigenvalue weighted by molar-refractivity contribution is 5.97. The topological polar surface area (TPSA) is 87.3 Å². The summed E-state index contributed by atoms with van der Waals surface area (Å²) in [4.78, 5) is 37.0. The number of carbonyl (C=O) groups is 2. The molecule has 1 unspecified atom stereocenters. The van der Waals surface area contributed by atoms with Gasteiger partial charge in [0.15, 0.2) is 11.5 Å². The van der Waals surface area contributed by atoms with Gasteiger partial charge in [0.2, 0.25) is 11.8 Å². The Balaban J connectivity index is 1.39. The minimum atomic E-state index is -0.559. The number of amides is 2. The van der Waals surface area contributed by atoms with Crippen molar-refractivity contribution in [1.29, 1.82) is 0 Å². The van der Waals surface area contributed by atoms with E-state index in [1.165, 1.54) is 0 Å². The van der Waals surface area contributed by atoms with Gasteiger partial charge in [-0.1, -0.05) is 24.3 Å². The molecule has 0 saturated carbocycles. The number of aromatic nitrogens is 1.